The summed E-state index contributed by atoms with van der Waals surface area (Å²) in [6.07, 6.45) is 0.864. The number of esters is 2. The van der Waals surface area contributed by atoms with E-state index in [2.05, 4.69) is 90.4 Å². The predicted octanol–water partition coefficient (Wildman–Crippen LogP) is 6.40. The van der Waals surface area contributed by atoms with Crippen molar-refractivity contribution in [2.45, 2.75) is 66.5 Å². The van der Waals surface area contributed by atoms with Crippen molar-refractivity contribution in [3.05, 3.63) is 20.2 Å². The fraction of sp³-hybridized carbons (Fsp3) is 0.864. The number of hydrogen-bond donors (Lipinski definition) is 1. The smallest absolute Gasteiger partial charge is 0.324 e. The summed E-state index contributed by atoms with van der Waals surface area (Å²) in [5, 5.41) is 29.3. The molecule has 1 heterocycles. The topological polar surface area (TPSA) is 176 Å². The van der Waals surface area contributed by atoms with Crippen LogP contribution in [0.2, 0.25) is 0 Å². The van der Waals surface area contributed by atoms with Crippen LogP contribution in [0.15, 0.2) is 0 Å². The maximum Gasteiger partial charge on any atom is 0.324 e. The summed E-state index contributed by atoms with van der Waals surface area (Å²) < 4.78 is 10.7. The van der Waals surface area contributed by atoms with E-state index in [1.807, 2.05) is 32.6 Å². The molecule has 0 aromatic carbocycles. The molecule has 38 heavy (non-hydrogen) atoms. The number of rotatable bonds is 11. The molecular weight excluding hydrogens is 960 g/mol. The predicted molar refractivity (Wildman–Crippen MR) is 177 cm³/mol. The number of alkyl halides is 4. The average molecular weight is 998 g/mol. The van der Waals surface area contributed by atoms with Crippen LogP contribution in [0.3, 0.4) is 0 Å². The molecule has 0 aromatic rings. The number of carbonyl (C=O) groups excluding carboxylic acids is 2. The highest BCUT2D eigenvalue weighted by molar-refractivity contribution is 14.3. The quantitative estimate of drug-likeness (QED) is 0.0609. The summed E-state index contributed by atoms with van der Waals surface area (Å²) in [6.45, 7) is 9.79. The largest absolute Gasteiger partial charge is 0.481 e. The van der Waals surface area contributed by atoms with Crippen LogP contribution in [0.1, 0.15) is 60.8 Å². The molecule has 0 spiro atoms. The lowest BCUT2D eigenvalue weighted by atomic mass is 9.84. The molecule has 16 heteroatoms. The van der Waals surface area contributed by atoms with E-state index in [1.165, 1.54) is 13.8 Å². The Hall–Kier alpha value is 0.130. The van der Waals surface area contributed by atoms with Gasteiger partial charge in [0.25, 0.3) is 5.79 Å². The van der Waals surface area contributed by atoms with Crippen molar-refractivity contribution < 1.29 is 38.8 Å². The highest BCUT2D eigenvalue weighted by atomic mass is 127. The number of aliphatic carboxylic acids is 1. The minimum absolute atomic E-state index is 0.112. The van der Waals surface area contributed by atoms with Gasteiger partial charge in [0.05, 0.1) is 6.42 Å². The van der Waals surface area contributed by atoms with Crippen molar-refractivity contribution in [3.8, 4) is 0 Å². The Morgan fingerprint density at radius 2 is 1.29 bits per heavy atom. The average Bonchev–Trinajstić information content (AvgIpc) is 2.65. The van der Waals surface area contributed by atoms with Crippen LogP contribution in [0.25, 0.3) is 0 Å². The van der Waals surface area contributed by atoms with Crippen LogP contribution in [0.4, 0.5) is 0 Å². The molecular formula is C22H38I4N2O10. The Kier molecular flexibility index (Phi) is 25.5. The molecule has 0 bridgehead atoms. The van der Waals surface area contributed by atoms with Crippen molar-refractivity contribution in [1.29, 1.82) is 0 Å². The number of nitro groups is 2. The third-order valence-corrected chi connectivity index (χ3v) is 4.51. The van der Waals surface area contributed by atoms with Crippen LogP contribution in [-0.2, 0) is 23.9 Å². The van der Waals surface area contributed by atoms with Crippen LogP contribution in [0.5, 0.6) is 0 Å². The molecule has 0 aromatic heterocycles. The Bertz CT molecular complexity index is 713. The van der Waals surface area contributed by atoms with Gasteiger partial charge >= 0.3 is 17.9 Å². The molecule has 2 unspecified atom stereocenters. The highest BCUT2D eigenvalue weighted by Crippen LogP contribution is 2.31. The summed E-state index contributed by atoms with van der Waals surface area (Å²) in [6, 6.07) is 0. The molecule has 1 aliphatic heterocycles. The van der Waals surface area contributed by atoms with Gasteiger partial charge in [-0.05, 0) is 29.6 Å². The normalized spacial score (nSPS) is 15.9. The van der Waals surface area contributed by atoms with Crippen LogP contribution in [0, 0.1) is 49.8 Å². The summed E-state index contributed by atoms with van der Waals surface area (Å²) >= 11 is 9.10. The first kappa shape index (κ1) is 42.6. The van der Waals surface area contributed by atoms with E-state index in [4.69, 9.17) is 14.6 Å². The van der Waals surface area contributed by atoms with E-state index in [0.717, 1.165) is -0.0619 Å². The second-order valence-corrected chi connectivity index (χ2v) is 20.4. The van der Waals surface area contributed by atoms with Gasteiger partial charge in [-0.15, -0.1) is 0 Å². The molecule has 1 saturated heterocycles. The lowest BCUT2D eigenvalue weighted by Crippen LogP contribution is -2.50. The number of hydrogen-bond acceptors (Lipinski definition) is 9. The minimum atomic E-state index is -1.30. The molecule has 1 aliphatic rings. The maximum absolute atomic E-state index is 11.9. The number of ether oxygens (including phenoxy) is 2. The van der Waals surface area contributed by atoms with Gasteiger partial charge in [0.2, 0.25) is 13.1 Å². The standard InChI is InChI=1S/C12H19NO6.C8H15NO4.CHI3.CH3I/c1-7(2)5-8(6-13(16)17)9-10(14)18-12(3,4)19-11(9)15;1-6(2)3-7(4-8(10)11)5-9(12)13;2-1(3)4;1-2/h7-9H,5-6H2,1-4H3;6-7H,3-5H2,1-2H3,(H,10,11);1H;1H3. The highest BCUT2D eigenvalue weighted by Gasteiger charge is 2.48. The zero-order valence-corrected chi connectivity index (χ0v) is 31.2. The first-order chi connectivity index (χ1) is 17.3. The van der Waals surface area contributed by atoms with E-state index in [-0.39, 0.29) is 24.8 Å². The minimum Gasteiger partial charge on any atom is -0.481 e. The van der Waals surface area contributed by atoms with Crippen molar-refractivity contribution in [2.24, 2.45) is 29.6 Å². The fourth-order valence-corrected chi connectivity index (χ4v) is 3.57. The lowest BCUT2D eigenvalue weighted by molar-refractivity contribution is -0.490. The lowest BCUT2D eigenvalue weighted by Gasteiger charge is -2.35. The van der Waals surface area contributed by atoms with Crippen LogP contribution in [-0.4, -0.2) is 56.6 Å². The van der Waals surface area contributed by atoms with E-state index >= 15 is 0 Å². The SMILES string of the molecule is CC(C)CC(CC(=O)O)C[N+](=O)[O-].CC(C)CC(C[N+](=O)[O-])C1C(=O)OC(C)(C)OC1=O.CI.IC(I)I. The first-order valence-electron chi connectivity index (χ1n) is 11.5. The Morgan fingerprint density at radius 3 is 1.58 bits per heavy atom. The summed E-state index contributed by atoms with van der Waals surface area (Å²) in [5.41, 5.74) is 0. The fourth-order valence-electron chi connectivity index (χ4n) is 3.57. The van der Waals surface area contributed by atoms with Crippen molar-refractivity contribution in [3.63, 3.8) is 0 Å². The van der Waals surface area contributed by atoms with Gasteiger partial charge in [0, 0.05) is 35.5 Å². The molecule has 0 aliphatic carbocycles. The molecule has 1 rings (SSSR count). The third-order valence-electron chi connectivity index (χ3n) is 4.51. The van der Waals surface area contributed by atoms with Gasteiger partial charge in [-0.25, -0.2) is 0 Å². The van der Waals surface area contributed by atoms with Crippen molar-refractivity contribution >= 4 is 108 Å². The Morgan fingerprint density at radius 1 is 0.921 bits per heavy atom. The summed E-state index contributed by atoms with van der Waals surface area (Å²) in [5.74, 6) is -5.58. The van der Waals surface area contributed by atoms with E-state index in [0.29, 0.717) is 18.8 Å². The van der Waals surface area contributed by atoms with Gasteiger partial charge in [-0.1, -0.05) is 118 Å². The van der Waals surface area contributed by atoms with Gasteiger partial charge in [0.15, 0.2) is 5.92 Å². The molecule has 1 fully saturated rings. The van der Waals surface area contributed by atoms with Gasteiger partial charge in [-0.3, -0.25) is 34.6 Å². The second-order valence-electron chi connectivity index (χ2n) is 9.48. The van der Waals surface area contributed by atoms with Crippen molar-refractivity contribution in [2.75, 3.05) is 18.0 Å². The molecule has 0 saturated carbocycles. The van der Waals surface area contributed by atoms with Crippen LogP contribution >= 0.6 is 90.4 Å². The monoisotopic (exact) mass is 998 g/mol. The number of halogens is 4. The number of carboxylic acid groups (broad SMARTS) is 1. The van der Waals surface area contributed by atoms with Crippen molar-refractivity contribution in [1.82, 2.24) is 0 Å². The van der Waals surface area contributed by atoms with E-state index in [9.17, 15) is 34.6 Å². The zero-order valence-electron chi connectivity index (χ0n) is 22.5. The second kappa shape index (κ2) is 22.8. The zero-order chi connectivity index (χ0) is 30.8. The van der Waals surface area contributed by atoms with Gasteiger partial charge < -0.3 is 14.6 Å². The number of carbonyl (C=O) groups is 3. The molecule has 0 amide bonds. The van der Waals surface area contributed by atoms with Gasteiger partial charge in [0.1, 0.15) is -0.0619 Å². The Balaban J connectivity index is -0.000000559. The van der Waals surface area contributed by atoms with E-state index < -0.39 is 51.9 Å². The third kappa shape index (κ3) is 25.1. The molecule has 1 N–H and O–H groups in total. The molecule has 12 nitrogen and oxygen atoms in total. The molecule has 0 radical (unpaired) electrons. The maximum atomic E-state index is 11.9. The summed E-state index contributed by atoms with van der Waals surface area (Å²) in [4.78, 5) is 56.0. The van der Waals surface area contributed by atoms with Gasteiger partial charge in [-0.2, -0.15) is 0 Å². The van der Waals surface area contributed by atoms with E-state index in [1.54, 1.807) is 0 Å². The molecule has 224 valence electrons. The Labute approximate surface area is 278 Å². The number of nitrogens with zero attached hydrogens (tertiary/aromatic N) is 2. The first-order valence-corrected chi connectivity index (χ1v) is 17.4. The van der Waals surface area contributed by atoms with Crippen LogP contribution < -0.4 is 0 Å². The number of cyclic esters (lactones) is 2. The number of carboxylic acids is 1. The summed E-state index contributed by atoms with van der Waals surface area (Å²) in [7, 11) is 0. The molecule has 2 atom stereocenters.